The highest BCUT2D eigenvalue weighted by Crippen LogP contribution is 2.12. The van der Waals surface area contributed by atoms with Crippen LogP contribution in [0.4, 0.5) is 5.95 Å². The third-order valence-corrected chi connectivity index (χ3v) is 1.93. The van der Waals surface area contributed by atoms with E-state index in [1.54, 1.807) is 19.2 Å². The van der Waals surface area contributed by atoms with Crippen LogP contribution in [0.3, 0.4) is 0 Å². The predicted molar refractivity (Wildman–Crippen MR) is 62.1 cm³/mol. The monoisotopic (exact) mass is 229 g/mol. The number of nitrogens with one attached hydrogen (secondary N) is 1. The molecule has 0 fully saturated rings. The molecule has 0 aromatic carbocycles. The first-order chi connectivity index (χ1) is 8.15. The Balaban J connectivity index is 2.42. The first-order valence-electron chi connectivity index (χ1n) is 5.07. The van der Waals surface area contributed by atoms with Crippen LogP contribution in [-0.2, 0) is 4.79 Å². The summed E-state index contributed by atoms with van der Waals surface area (Å²) in [7, 11) is 0. The summed E-state index contributed by atoms with van der Waals surface area (Å²) in [6, 6.07) is 5.46. The highest BCUT2D eigenvalue weighted by molar-refractivity contribution is 5.86. The Morgan fingerprint density at radius 3 is 2.71 bits per heavy atom. The van der Waals surface area contributed by atoms with Crippen molar-refractivity contribution in [3.05, 3.63) is 30.2 Å². The summed E-state index contributed by atoms with van der Waals surface area (Å²) in [6.07, 6.45) is 1.66. The van der Waals surface area contributed by atoms with Crippen molar-refractivity contribution >= 4 is 11.9 Å². The van der Waals surface area contributed by atoms with Gasteiger partial charge in [0.1, 0.15) is 11.5 Å². The largest absolute Gasteiger partial charge is 0.295 e. The van der Waals surface area contributed by atoms with Crippen molar-refractivity contribution in [2.24, 2.45) is 0 Å². The molecular weight excluding hydrogens is 218 g/mol. The van der Waals surface area contributed by atoms with E-state index in [2.05, 4.69) is 25.3 Å². The lowest BCUT2D eigenvalue weighted by Gasteiger charge is -2.04. The number of aromatic nitrogens is 4. The van der Waals surface area contributed by atoms with Crippen molar-refractivity contribution in [2.45, 2.75) is 13.8 Å². The van der Waals surface area contributed by atoms with Crippen molar-refractivity contribution in [1.82, 2.24) is 19.9 Å². The normalized spacial score (nSPS) is 10.0. The summed E-state index contributed by atoms with van der Waals surface area (Å²) in [5.74, 6) is 1.000. The van der Waals surface area contributed by atoms with Gasteiger partial charge in [-0.3, -0.25) is 15.1 Å². The third-order valence-electron chi connectivity index (χ3n) is 1.93. The van der Waals surface area contributed by atoms with Crippen LogP contribution in [0.2, 0.25) is 0 Å². The van der Waals surface area contributed by atoms with Gasteiger partial charge in [-0.1, -0.05) is 6.07 Å². The van der Waals surface area contributed by atoms with Gasteiger partial charge in [0, 0.05) is 13.1 Å². The van der Waals surface area contributed by atoms with Gasteiger partial charge in [-0.2, -0.15) is 9.97 Å². The van der Waals surface area contributed by atoms with Crippen LogP contribution in [0.5, 0.6) is 0 Å². The molecule has 0 saturated heterocycles. The molecule has 6 heteroatoms. The highest BCUT2D eigenvalue weighted by Gasteiger charge is 2.07. The zero-order valence-corrected chi connectivity index (χ0v) is 9.51. The molecule has 2 aromatic rings. The van der Waals surface area contributed by atoms with E-state index in [0.717, 1.165) is 0 Å². The number of amides is 1. The second-order valence-corrected chi connectivity index (χ2v) is 3.43. The van der Waals surface area contributed by atoms with Crippen LogP contribution in [0.1, 0.15) is 12.7 Å². The molecule has 0 spiro atoms. The topological polar surface area (TPSA) is 80.7 Å². The number of anilines is 1. The maximum absolute atomic E-state index is 10.9. The first kappa shape index (κ1) is 11.1. The molecule has 2 heterocycles. The molecule has 2 rings (SSSR count). The fraction of sp³-hybridized carbons (Fsp3) is 0.182. The van der Waals surface area contributed by atoms with Crippen molar-refractivity contribution in [2.75, 3.05) is 5.32 Å². The Kier molecular flexibility index (Phi) is 3.04. The van der Waals surface area contributed by atoms with Gasteiger partial charge in [0.25, 0.3) is 0 Å². The van der Waals surface area contributed by atoms with Crippen LogP contribution < -0.4 is 5.32 Å². The maximum Gasteiger partial charge on any atom is 0.233 e. The van der Waals surface area contributed by atoms with E-state index >= 15 is 0 Å². The number of carbonyl (C=O) groups is 1. The van der Waals surface area contributed by atoms with E-state index in [-0.39, 0.29) is 11.9 Å². The fourth-order valence-corrected chi connectivity index (χ4v) is 1.30. The van der Waals surface area contributed by atoms with E-state index in [0.29, 0.717) is 17.3 Å². The minimum absolute atomic E-state index is 0.220. The molecule has 0 aliphatic heterocycles. The van der Waals surface area contributed by atoms with E-state index in [4.69, 9.17) is 0 Å². The van der Waals surface area contributed by atoms with Crippen molar-refractivity contribution in [3.63, 3.8) is 0 Å². The Hall–Kier alpha value is -2.37. The first-order valence-corrected chi connectivity index (χ1v) is 5.07. The quantitative estimate of drug-likeness (QED) is 0.836. The lowest BCUT2D eigenvalue weighted by molar-refractivity contribution is -0.114. The van der Waals surface area contributed by atoms with E-state index in [9.17, 15) is 4.79 Å². The Labute approximate surface area is 98.2 Å². The number of carbonyl (C=O) groups excluding carboxylic acids is 1. The van der Waals surface area contributed by atoms with Gasteiger partial charge in [-0.15, -0.1) is 0 Å². The smallest absolute Gasteiger partial charge is 0.233 e. The second kappa shape index (κ2) is 4.65. The standard InChI is InChI=1S/C11H11N5O/c1-7-13-10(9-5-3-4-6-12-9)16-11(14-7)15-8(2)17/h3-6H,1-2H3,(H,13,14,15,16,17). The van der Waals surface area contributed by atoms with Crippen LogP contribution in [-0.4, -0.2) is 25.8 Å². The Bertz CT molecular complexity index is 541. The number of hydrogen-bond donors (Lipinski definition) is 1. The molecule has 0 aliphatic carbocycles. The summed E-state index contributed by atoms with van der Waals surface area (Å²) in [5, 5.41) is 2.53. The lowest BCUT2D eigenvalue weighted by Crippen LogP contribution is -2.11. The average Bonchev–Trinajstić information content (AvgIpc) is 2.28. The highest BCUT2D eigenvalue weighted by atomic mass is 16.1. The molecule has 0 saturated carbocycles. The van der Waals surface area contributed by atoms with Crippen LogP contribution in [0.25, 0.3) is 11.5 Å². The second-order valence-electron chi connectivity index (χ2n) is 3.43. The number of rotatable bonds is 2. The summed E-state index contributed by atoms with van der Waals surface area (Å²) in [4.78, 5) is 27.4. The van der Waals surface area contributed by atoms with Gasteiger partial charge < -0.3 is 0 Å². The molecule has 6 nitrogen and oxygen atoms in total. The van der Waals surface area contributed by atoms with Gasteiger partial charge in [0.15, 0.2) is 5.82 Å². The van der Waals surface area contributed by atoms with Crippen molar-refractivity contribution in [3.8, 4) is 11.5 Å². The molecule has 2 aromatic heterocycles. The maximum atomic E-state index is 10.9. The van der Waals surface area contributed by atoms with E-state index in [1.807, 2.05) is 12.1 Å². The van der Waals surface area contributed by atoms with Gasteiger partial charge in [0.2, 0.25) is 11.9 Å². The fourth-order valence-electron chi connectivity index (χ4n) is 1.30. The zero-order valence-electron chi connectivity index (χ0n) is 9.51. The number of pyridine rings is 1. The summed E-state index contributed by atoms with van der Waals surface area (Å²) in [5.41, 5.74) is 0.643. The predicted octanol–water partition coefficient (Wildman–Crippen LogP) is 1.20. The van der Waals surface area contributed by atoms with E-state index < -0.39 is 0 Å². The number of nitrogens with zero attached hydrogens (tertiary/aromatic N) is 4. The third kappa shape index (κ3) is 2.81. The van der Waals surface area contributed by atoms with Crippen LogP contribution in [0, 0.1) is 6.92 Å². The molecule has 1 N–H and O–H groups in total. The number of aryl methyl sites for hydroxylation is 1. The Morgan fingerprint density at radius 1 is 1.24 bits per heavy atom. The molecule has 0 atom stereocenters. The van der Waals surface area contributed by atoms with Gasteiger partial charge in [-0.25, -0.2) is 4.98 Å². The molecular formula is C11H11N5O. The van der Waals surface area contributed by atoms with Crippen molar-refractivity contribution in [1.29, 1.82) is 0 Å². The average molecular weight is 229 g/mol. The molecule has 0 bridgehead atoms. The van der Waals surface area contributed by atoms with Gasteiger partial charge >= 0.3 is 0 Å². The molecule has 0 radical (unpaired) electrons. The molecule has 1 amide bonds. The minimum Gasteiger partial charge on any atom is -0.295 e. The molecule has 86 valence electrons. The summed E-state index contributed by atoms with van der Waals surface area (Å²) >= 11 is 0. The molecule has 0 aliphatic rings. The van der Waals surface area contributed by atoms with Crippen LogP contribution >= 0.6 is 0 Å². The summed E-state index contributed by atoms with van der Waals surface area (Å²) < 4.78 is 0. The Morgan fingerprint density at radius 2 is 2.06 bits per heavy atom. The van der Waals surface area contributed by atoms with Gasteiger partial charge in [0.05, 0.1) is 0 Å². The van der Waals surface area contributed by atoms with Crippen molar-refractivity contribution < 1.29 is 4.79 Å². The lowest BCUT2D eigenvalue weighted by atomic mass is 10.3. The number of hydrogen-bond acceptors (Lipinski definition) is 5. The zero-order chi connectivity index (χ0) is 12.3. The SMILES string of the molecule is CC(=O)Nc1nc(C)nc(-c2ccccn2)n1. The van der Waals surface area contributed by atoms with E-state index in [1.165, 1.54) is 6.92 Å². The van der Waals surface area contributed by atoms with Gasteiger partial charge in [-0.05, 0) is 19.1 Å². The van der Waals surface area contributed by atoms with Crippen LogP contribution in [0.15, 0.2) is 24.4 Å². The summed E-state index contributed by atoms with van der Waals surface area (Å²) in [6.45, 7) is 3.14. The molecule has 17 heavy (non-hydrogen) atoms. The minimum atomic E-state index is -0.220. The molecule has 0 unspecified atom stereocenters.